The molecule has 0 saturated carbocycles. The van der Waals surface area contributed by atoms with Crippen LogP contribution in [-0.4, -0.2) is 74.1 Å². The Balaban J connectivity index is 1.37. The highest BCUT2D eigenvalue weighted by atomic mass is 16.2. The smallest absolute Gasteiger partial charge is 0.237 e. The predicted molar refractivity (Wildman–Crippen MR) is 108 cm³/mol. The van der Waals surface area contributed by atoms with Gasteiger partial charge in [0, 0.05) is 45.0 Å². The Morgan fingerprint density at radius 3 is 2.54 bits per heavy atom. The third-order valence-corrected chi connectivity index (χ3v) is 5.65. The van der Waals surface area contributed by atoms with Crippen molar-refractivity contribution in [1.82, 2.24) is 15.1 Å². The lowest BCUT2D eigenvalue weighted by Crippen LogP contribution is -2.52. The molecule has 2 saturated heterocycles. The van der Waals surface area contributed by atoms with Crippen LogP contribution in [0.3, 0.4) is 0 Å². The molecular formula is C21H34N4O. The lowest BCUT2D eigenvalue weighted by atomic mass is 10.0. The Bertz CT molecular complexity index is 540. The van der Waals surface area contributed by atoms with E-state index in [1.807, 2.05) is 0 Å². The van der Waals surface area contributed by atoms with Gasteiger partial charge in [-0.25, -0.2) is 0 Å². The molecule has 0 radical (unpaired) electrons. The monoisotopic (exact) mass is 358 g/mol. The zero-order valence-electron chi connectivity index (χ0n) is 16.2. The third-order valence-electron chi connectivity index (χ3n) is 5.65. The van der Waals surface area contributed by atoms with E-state index in [1.165, 1.54) is 18.5 Å². The van der Waals surface area contributed by atoms with Gasteiger partial charge < -0.3 is 10.2 Å². The minimum atomic E-state index is 0.0960. The van der Waals surface area contributed by atoms with Crippen molar-refractivity contribution in [2.45, 2.75) is 38.6 Å². The van der Waals surface area contributed by atoms with Crippen molar-refractivity contribution in [3.05, 3.63) is 30.3 Å². The molecule has 0 bridgehead atoms. The summed E-state index contributed by atoms with van der Waals surface area (Å²) in [5.41, 5.74) is 1.31. The molecular weight excluding hydrogens is 324 g/mol. The molecule has 2 heterocycles. The van der Waals surface area contributed by atoms with Gasteiger partial charge in [0.25, 0.3) is 0 Å². The van der Waals surface area contributed by atoms with E-state index >= 15 is 0 Å². The fourth-order valence-electron chi connectivity index (χ4n) is 4.17. The van der Waals surface area contributed by atoms with Crippen LogP contribution in [0.15, 0.2) is 30.3 Å². The summed E-state index contributed by atoms with van der Waals surface area (Å²) < 4.78 is 0. The topological polar surface area (TPSA) is 38.8 Å². The van der Waals surface area contributed by atoms with E-state index in [-0.39, 0.29) is 11.9 Å². The zero-order valence-corrected chi connectivity index (χ0v) is 16.2. The second-order valence-corrected chi connectivity index (χ2v) is 7.50. The SMILES string of the molecule is CCCN1CCCCC1C(=O)NCCN1CCN(c2ccccc2)CC1. The molecule has 0 aromatic heterocycles. The molecule has 3 rings (SSSR count). The predicted octanol–water partition coefficient (Wildman–Crippen LogP) is 2.19. The molecule has 1 aromatic carbocycles. The summed E-state index contributed by atoms with van der Waals surface area (Å²) >= 11 is 0. The number of amides is 1. The minimum Gasteiger partial charge on any atom is -0.369 e. The van der Waals surface area contributed by atoms with Gasteiger partial charge in [-0.2, -0.15) is 0 Å². The second-order valence-electron chi connectivity index (χ2n) is 7.50. The maximum Gasteiger partial charge on any atom is 0.237 e. The molecule has 1 N–H and O–H groups in total. The third kappa shape index (κ3) is 5.21. The van der Waals surface area contributed by atoms with Gasteiger partial charge in [-0.15, -0.1) is 0 Å². The Morgan fingerprint density at radius 1 is 1.04 bits per heavy atom. The molecule has 1 atom stereocenters. The van der Waals surface area contributed by atoms with Gasteiger partial charge in [0.1, 0.15) is 0 Å². The van der Waals surface area contributed by atoms with Crippen LogP contribution < -0.4 is 10.2 Å². The summed E-state index contributed by atoms with van der Waals surface area (Å²) in [7, 11) is 0. The van der Waals surface area contributed by atoms with E-state index in [4.69, 9.17) is 0 Å². The van der Waals surface area contributed by atoms with Crippen molar-refractivity contribution in [2.24, 2.45) is 0 Å². The molecule has 1 unspecified atom stereocenters. The van der Waals surface area contributed by atoms with E-state index in [0.717, 1.165) is 65.2 Å². The van der Waals surface area contributed by atoms with Crippen LogP contribution >= 0.6 is 0 Å². The number of benzene rings is 1. The zero-order chi connectivity index (χ0) is 18.2. The highest BCUT2D eigenvalue weighted by Crippen LogP contribution is 2.17. The number of rotatable bonds is 7. The minimum absolute atomic E-state index is 0.0960. The van der Waals surface area contributed by atoms with Crippen LogP contribution in [0.5, 0.6) is 0 Å². The summed E-state index contributed by atoms with van der Waals surface area (Å²) in [5.74, 6) is 0.237. The molecule has 2 aliphatic heterocycles. The molecule has 2 fully saturated rings. The fourth-order valence-corrected chi connectivity index (χ4v) is 4.17. The maximum atomic E-state index is 12.6. The first-order valence-electron chi connectivity index (χ1n) is 10.3. The summed E-state index contributed by atoms with van der Waals surface area (Å²) in [4.78, 5) is 19.9. The highest BCUT2D eigenvalue weighted by Gasteiger charge is 2.27. The van der Waals surface area contributed by atoms with E-state index in [0.29, 0.717) is 0 Å². The van der Waals surface area contributed by atoms with Gasteiger partial charge in [-0.1, -0.05) is 31.5 Å². The van der Waals surface area contributed by atoms with Crippen molar-refractivity contribution in [3.63, 3.8) is 0 Å². The number of anilines is 1. The molecule has 5 heteroatoms. The first-order chi connectivity index (χ1) is 12.8. The van der Waals surface area contributed by atoms with Crippen molar-refractivity contribution in [1.29, 1.82) is 0 Å². The van der Waals surface area contributed by atoms with Crippen molar-refractivity contribution in [3.8, 4) is 0 Å². The van der Waals surface area contributed by atoms with Gasteiger partial charge in [-0.05, 0) is 44.5 Å². The average molecular weight is 359 g/mol. The largest absolute Gasteiger partial charge is 0.369 e. The lowest BCUT2D eigenvalue weighted by Gasteiger charge is -2.36. The number of piperazine rings is 1. The van der Waals surface area contributed by atoms with Crippen LogP contribution in [-0.2, 0) is 4.79 Å². The van der Waals surface area contributed by atoms with Crippen LogP contribution in [0.1, 0.15) is 32.6 Å². The quantitative estimate of drug-likeness (QED) is 0.811. The molecule has 5 nitrogen and oxygen atoms in total. The Kier molecular flexibility index (Phi) is 7.32. The number of likely N-dealkylation sites (tertiary alicyclic amines) is 1. The lowest BCUT2D eigenvalue weighted by molar-refractivity contribution is -0.127. The van der Waals surface area contributed by atoms with Gasteiger partial charge in [0.05, 0.1) is 6.04 Å². The molecule has 144 valence electrons. The van der Waals surface area contributed by atoms with Crippen LogP contribution in [0, 0.1) is 0 Å². The van der Waals surface area contributed by atoms with E-state index in [1.54, 1.807) is 0 Å². The normalized spacial score (nSPS) is 22.3. The van der Waals surface area contributed by atoms with Gasteiger partial charge in [0.15, 0.2) is 0 Å². The van der Waals surface area contributed by atoms with Crippen LogP contribution in [0.2, 0.25) is 0 Å². The average Bonchev–Trinajstić information content (AvgIpc) is 2.70. The Labute approximate surface area is 158 Å². The first kappa shape index (κ1) is 19.2. The van der Waals surface area contributed by atoms with Crippen molar-refractivity contribution >= 4 is 11.6 Å². The van der Waals surface area contributed by atoms with Gasteiger partial charge in [-0.3, -0.25) is 14.6 Å². The molecule has 26 heavy (non-hydrogen) atoms. The fraction of sp³-hybridized carbons (Fsp3) is 0.667. The number of carbonyl (C=O) groups excluding carboxylic acids is 1. The van der Waals surface area contributed by atoms with E-state index in [2.05, 4.69) is 57.3 Å². The number of piperidine rings is 1. The standard InChI is InChI=1S/C21H34N4O/c1-2-12-25-13-7-6-10-20(25)21(26)22-11-14-23-15-17-24(18-16-23)19-8-4-3-5-9-19/h3-5,8-9,20H,2,6-7,10-18H2,1H3,(H,22,26). The Morgan fingerprint density at radius 2 is 1.81 bits per heavy atom. The van der Waals surface area contributed by atoms with Gasteiger partial charge >= 0.3 is 0 Å². The number of nitrogens with zero attached hydrogens (tertiary/aromatic N) is 3. The summed E-state index contributed by atoms with van der Waals surface area (Å²) in [6, 6.07) is 10.7. The number of carbonyl (C=O) groups is 1. The molecule has 0 aliphatic carbocycles. The first-order valence-corrected chi connectivity index (χ1v) is 10.3. The van der Waals surface area contributed by atoms with E-state index < -0.39 is 0 Å². The van der Waals surface area contributed by atoms with Crippen LogP contribution in [0.4, 0.5) is 5.69 Å². The van der Waals surface area contributed by atoms with E-state index in [9.17, 15) is 4.79 Å². The number of nitrogens with one attached hydrogen (secondary N) is 1. The maximum absolute atomic E-state index is 12.6. The molecule has 1 amide bonds. The number of hydrogen-bond acceptors (Lipinski definition) is 4. The summed E-state index contributed by atoms with van der Waals surface area (Å²) in [5, 5.41) is 3.20. The van der Waals surface area contributed by atoms with Crippen molar-refractivity contribution < 1.29 is 4.79 Å². The van der Waals surface area contributed by atoms with Crippen molar-refractivity contribution in [2.75, 3.05) is 57.3 Å². The molecule has 2 aliphatic rings. The number of para-hydroxylation sites is 1. The number of hydrogen-bond donors (Lipinski definition) is 1. The summed E-state index contributed by atoms with van der Waals surface area (Å²) in [6.07, 6.45) is 4.55. The highest BCUT2D eigenvalue weighted by molar-refractivity contribution is 5.81. The van der Waals surface area contributed by atoms with Gasteiger partial charge in [0.2, 0.25) is 5.91 Å². The second kappa shape index (κ2) is 9.93. The molecule has 1 aromatic rings. The Hall–Kier alpha value is -1.59. The van der Waals surface area contributed by atoms with Crippen LogP contribution in [0.25, 0.3) is 0 Å². The summed E-state index contributed by atoms with van der Waals surface area (Å²) in [6.45, 7) is 10.3. The molecule has 0 spiro atoms.